The molecule has 1 unspecified atom stereocenters. The minimum atomic E-state index is 0.188. The van der Waals surface area contributed by atoms with E-state index in [4.69, 9.17) is 4.65 Å². The van der Waals surface area contributed by atoms with Crippen molar-refractivity contribution in [2.75, 3.05) is 0 Å². The van der Waals surface area contributed by atoms with Gasteiger partial charge in [0.2, 0.25) is 0 Å². The largest absolute Gasteiger partial charge is 0.429 e. The molecule has 0 amide bonds. The van der Waals surface area contributed by atoms with Crippen LogP contribution in [0.1, 0.15) is 85.8 Å². The van der Waals surface area contributed by atoms with E-state index in [9.17, 15) is 0 Å². The first-order valence-electron chi connectivity index (χ1n) is 12.8. The Hall–Kier alpha value is -0.755. The molecule has 6 aliphatic carbocycles. The van der Waals surface area contributed by atoms with Gasteiger partial charge < -0.3 is 4.65 Å². The van der Waals surface area contributed by atoms with Crippen LogP contribution in [0.15, 0.2) is 30.3 Å². The fraction of sp³-hybridized carbons (Fsp3) is 0.786. The van der Waals surface area contributed by atoms with Gasteiger partial charge in [-0.25, -0.2) is 0 Å². The molecule has 1 nitrogen and oxygen atoms in total. The molecule has 6 fully saturated rings. The van der Waals surface area contributed by atoms with Crippen LogP contribution in [-0.2, 0) is 4.65 Å². The number of rotatable bonds is 5. The topological polar surface area (TPSA) is 9.23 Å². The number of hydrogen-bond acceptors (Lipinski definition) is 1. The van der Waals surface area contributed by atoms with Crippen molar-refractivity contribution >= 4 is 6.92 Å². The first-order valence-corrected chi connectivity index (χ1v) is 12.8. The van der Waals surface area contributed by atoms with E-state index in [2.05, 4.69) is 78.8 Å². The van der Waals surface area contributed by atoms with Gasteiger partial charge in [-0.2, -0.15) is 0 Å². The van der Waals surface area contributed by atoms with Gasteiger partial charge in [-0.1, -0.05) is 84.7 Å². The molecule has 9 atom stereocenters. The molecule has 0 saturated heterocycles. The van der Waals surface area contributed by atoms with Crippen molar-refractivity contribution in [1.82, 2.24) is 0 Å². The van der Waals surface area contributed by atoms with Crippen LogP contribution in [0.4, 0.5) is 0 Å². The lowest BCUT2D eigenvalue weighted by Gasteiger charge is -2.66. The highest BCUT2D eigenvalue weighted by Gasteiger charge is 2.63. The molecule has 0 radical (unpaired) electrons. The highest BCUT2D eigenvalue weighted by molar-refractivity contribution is 6.55. The SMILES string of the molecule is CC(OB([C@@H]1C[C@@H]2C[C@H]([C@H]1C)C2(C)C)[C@@H]1C[C@@H]2C[C@H]([C@H]1C)C2(C)C)c1ccccc1. The van der Waals surface area contributed by atoms with Gasteiger partial charge in [-0.05, 0) is 83.3 Å². The van der Waals surface area contributed by atoms with Gasteiger partial charge in [0.05, 0.1) is 6.10 Å². The molecule has 1 aromatic rings. The fourth-order valence-corrected chi connectivity index (χ4v) is 8.80. The highest BCUT2D eigenvalue weighted by atomic mass is 16.4. The van der Waals surface area contributed by atoms with E-state index < -0.39 is 0 Å². The summed E-state index contributed by atoms with van der Waals surface area (Å²) in [7, 11) is 0. The molecule has 0 spiro atoms. The van der Waals surface area contributed by atoms with Crippen molar-refractivity contribution in [2.24, 2.45) is 46.3 Å². The molecule has 0 N–H and O–H groups in total. The standard InChI is InChI=1S/C28H43BO/c1-17-23-13-21(27(23,4)5)15-25(17)29(30-19(3)20-11-9-8-10-12-20)26-16-22-14-24(18(26)2)28(22,6)7/h8-12,17-19,21-26H,13-16H2,1-7H3/t17-,18-,19?,21+,22+,23-,24-,25-,26-/m1/s1. The second kappa shape index (κ2) is 7.13. The summed E-state index contributed by atoms with van der Waals surface area (Å²) in [5.41, 5.74) is 2.44. The average Bonchev–Trinajstić information content (AvgIpc) is 2.72. The van der Waals surface area contributed by atoms with Crippen molar-refractivity contribution in [3.63, 3.8) is 0 Å². The summed E-state index contributed by atoms with van der Waals surface area (Å²) in [6, 6.07) is 10.9. The van der Waals surface area contributed by atoms with Crippen molar-refractivity contribution in [1.29, 1.82) is 0 Å². The second-order valence-corrected chi connectivity index (χ2v) is 12.9. The Balaban J connectivity index is 1.42. The predicted molar refractivity (Wildman–Crippen MR) is 128 cm³/mol. The van der Waals surface area contributed by atoms with Gasteiger partial charge in [0, 0.05) is 0 Å². The molecule has 4 bridgehead atoms. The quantitative estimate of drug-likeness (QED) is 0.452. The average molecular weight is 406 g/mol. The Morgan fingerprint density at radius 1 is 0.800 bits per heavy atom. The van der Waals surface area contributed by atoms with Crippen LogP contribution in [0.3, 0.4) is 0 Å². The van der Waals surface area contributed by atoms with E-state index in [1.165, 1.54) is 31.2 Å². The lowest BCUT2D eigenvalue weighted by molar-refractivity contribution is -0.112. The van der Waals surface area contributed by atoms with E-state index >= 15 is 0 Å². The zero-order valence-corrected chi connectivity index (χ0v) is 20.4. The van der Waals surface area contributed by atoms with Gasteiger partial charge in [0.25, 0.3) is 0 Å². The maximum atomic E-state index is 7.13. The maximum Gasteiger partial charge on any atom is 0.300 e. The van der Waals surface area contributed by atoms with Crippen molar-refractivity contribution in [2.45, 2.75) is 91.9 Å². The Morgan fingerprint density at radius 2 is 1.27 bits per heavy atom. The van der Waals surface area contributed by atoms with Crippen molar-refractivity contribution in [3.05, 3.63) is 35.9 Å². The van der Waals surface area contributed by atoms with Crippen molar-refractivity contribution in [3.8, 4) is 0 Å². The lowest BCUT2D eigenvalue weighted by atomic mass is 9.27. The summed E-state index contributed by atoms with van der Waals surface area (Å²) < 4.78 is 7.13. The number of fused-ring (bicyclic) bond motifs is 4. The number of hydrogen-bond donors (Lipinski definition) is 0. The minimum Gasteiger partial charge on any atom is -0.429 e. The molecule has 6 saturated carbocycles. The summed E-state index contributed by atoms with van der Waals surface area (Å²) in [5.74, 6) is 6.65. The normalized spacial score (nSPS) is 43.8. The molecule has 1 aromatic carbocycles. The van der Waals surface area contributed by atoms with Crippen LogP contribution in [0.25, 0.3) is 0 Å². The first kappa shape index (κ1) is 21.1. The third-order valence-corrected chi connectivity index (χ3v) is 11.3. The van der Waals surface area contributed by atoms with Gasteiger partial charge in [-0.3, -0.25) is 0 Å². The first-order chi connectivity index (χ1) is 14.1. The van der Waals surface area contributed by atoms with E-state index in [-0.39, 0.29) is 6.10 Å². The molecule has 164 valence electrons. The van der Waals surface area contributed by atoms with Crippen LogP contribution in [0.2, 0.25) is 11.6 Å². The Bertz CT molecular complexity index is 728. The van der Waals surface area contributed by atoms with E-state index in [1.807, 2.05) is 0 Å². The maximum absolute atomic E-state index is 7.13. The second-order valence-electron chi connectivity index (χ2n) is 12.9. The summed E-state index contributed by atoms with van der Waals surface area (Å²) in [5, 5.41) is 0. The molecule has 0 heterocycles. The highest BCUT2D eigenvalue weighted by Crippen LogP contribution is 2.69. The monoisotopic (exact) mass is 406 g/mol. The van der Waals surface area contributed by atoms with Gasteiger partial charge in [0.1, 0.15) is 0 Å². The summed E-state index contributed by atoms with van der Waals surface area (Å²) in [6.07, 6.45) is 5.89. The van der Waals surface area contributed by atoms with Gasteiger partial charge in [0.15, 0.2) is 0 Å². The molecular weight excluding hydrogens is 363 g/mol. The van der Waals surface area contributed by atoms with E-state index in [0.717, 1.165) is 47.1 Å². The fourth-order valence-electron chi connectivity index (χ4n) is 8.80. The Kier molecular flexibility index (Phi) is 5.01. The zero-order chi connectivity index (χ0) is 21.4. The van der Waals surface area contributed by atoms with Crippen LogP contribution < -0.4 is 0 Å². The predicted octanol–water partition coefficient (Wildman–Crippen LogP) is 7.90. The van der Waals surface area contributed by atoms with E-state index in [1.54, 1.807) is 0 Å². The third-order valence-electron chi connectivity index (χ3n) is 11.3. The minimum absolute atomic E-state index is 0.188. The molecular formula is C28H43BO. The van der Waals surface area contributed by atoms with Crippen molar-refractivity contribution < 1.29 is 4.65 Å². The van der Waals surface area contributed by atoms with Crippen LogP contribution in [0, 0.1) is 46.3 Å². The smallest absolute Gasteiger partial charge is 0.300 e. The van der Waals surface area contributed by atoms with E-state index in [0.29, 0.717) is 17.7 Å². The Labute approximate surface area is 185 Å². The van der Waals surface area contributed by atoms with Gasteiger partial charge >= 0.3 is 6.92 Å². The number of benzene rings is 1. The molecule has 7 rings (SSSR count). The molecule has 0 aliphatic heterocycles. The van der Waals surface area contributed by atoms with Gasteiger partial charge in [-0.15, -0.1) is 0 Å². The summed E-state index contributed by atoms with van der Waals surface area (Å²) >= 11 is 0. The summed E-state index contributed by atoms with van der Waals surface area (Å²) in [4.78, 5) is 0. The third kappa shape index (κ3) is 2.99. The van der Waals surface area contributed by atoms with Crippen LogP contribution in [0.5, 0.6) is 0 Å². The molecule has 6 aliphatic rings. The van der Waals surface area contributed by atoms with Crippen LogP contribution in [-0.4, -0.2) is 6.92 Å². The lowest BCUT2D eigenvalue weighted by Crippen LogP contribution is -2.60. The molecule has 0 aromatic heterocycles. The summed E-state index contributed by atoms with van der Waals surface area (Å²) in [6.45, 7) is 18.0. The van der Waals surface area contributed by atoms with Crippen LogP contribution >= 0.6 is 0 Å². The Morgan fingerprint density at radius 3 is 1.67 bits per heavy atom. The molecule has 2 heteroatoms. The molecule has 30 heavy (non-hydrogen) atoms. The zero-order valence-electron chi connectivity index (χ0n) is 20.4.